The fourth-order valence-corrected chi connectivity index (χ4v) is 3.18. The van der Waals surface area contributed by atoms with Crippen molar-refractivity contribution in [3.8, 4) is 0 Å². The van der Waals surface area contributed by atoms with Crippen molar-refractivity contribution in [3.63, 3.8) is 0 Å². The molecule has 3 rings (SSSR count). The average Bonchev–Trinajstić information content (AvgIpc) is 3.06. The number of rotatable bonds is 5. The molecule has 0 saturated heterocycles. The van der Waals surface area contributed by atoms with E-state index in [1.165, 1.54) is 18.9 Å². The Hall–Kier alpha value is -2.21. The van der Waals surface area contributed by atoms with Crippen LogP contribution in [-0.4, -0.2) is 27.7 Å². The number of aromatic nitrogens is 1. The topological polar surface area (TPSA) is 88.3 Å². The van der Waals surface area contributed by atoms with Crippen LogP contribution in [0.2, 0.25) is 0 Å². The second kappa shape index (κ2) is 6.27. The van der Waals surface area contributed by atoms with Crippen LogP contribution in [0.5, 0.6) is 0 Å². The summed E-state index contributed by atoms with van der Waals surface area (Å²) in [5, 5.41) is 25.0. The van der Waals surface area contributed by atoms with E-state index in [4.69, 9.17) is 0 Å². The van der Waals surface area contributed by atoms with Crippen LogP contribution in [0.15, 0.2) is 30.5 Å². The summed E-state index contributed by atoms with van der Waals surface area (Å²) >= 11 is 0. The molecule has 2 aromatic rings. The number of nitro benzene ring substituents is 1. The third kappa shape index (κ3) is 2.87. The van der Waals surface area contributed by atoms with Gasteiger partial charge in [0.15, 0.2) is 0 Å². The third-order valence-corrected chi connectivity index (χ3v) is 4.39. The first-order chi connectivity index (χ1) is 10.7. The van der Waals surface area contributed by atoms with Gasteiger partial charge in [-0.25, -0.2) is 0 Å². The molecule has 1 saturated carbocycles. The number of non-ortho nitro benzene ring substituents is 1. The van der Waals surface area contributed by atoms with Gasteiger partial charge in [-0.2, -0.15) is 0 Å². The summed E-state index contributed by atoms with van der Waals surface area (Å²) in [6, 6.07) is 6.52. The van der Waals surface area contributed by atoms with Crippen LogP contribution in [0, 0.1) is 16.0 Å². The van der Waals surface area contributed by atoms with Gasteiger partial charge < -0.3 is 10.4 Å². The van der Waals surface area contributed by atoms with E-state index in [0.717, 1.165) is 18.5 Å². The molecule has 6 nitrogen and oxygen atoms in total. The Morgan fingerprint density at radius 1 is 1.36 bits per heavy atom. The first-order valence-corrected chi connectivity index (χ1v) is 7.61. The molecule has 0 bridgehead atoms. The van der Waals surface area contributed by atoms with Crippen LogP contribution in [0.4, 0.5) is 11.4 Å². The van der Waals surface area contributed by atoms with Crippen LogP contribution in [0.25, 0.3) is 10.9 Å². The fourth-order valence-electron chi connectivity index (χ4n) is 3.18. The van der Waals surface area contributed by atoms with E-state index >= 15 is 0 Å². The van der Waals surface area contributed by atoms with Crippen LogP contribution in [0.3, 0.4) is 0 Å². The summed E-state index contributed by atoms with van der Waals surface area (Å²) in [5.41, 5.74) is 1.33. The smallest absolute Gasteiger partial charge is 0.278 e. The molecule has 1 unspecified atom stereocenters. The SMILES string of the molecule is O=[N+]([O-])c1ccc(NCC(O)C2CCCC2)c2ncccc12. The van der Waals surface area contributed by atoms with Crippen molar-refractivity contribution in [1.82, 2.24) is 4.98 Å². The monoisotopic (exact) mass is 301 g/mol. The largest absolute Gasteiger partial charge is 0.391 e. The van der Waals surface area contributed by atoms with Crippen molar-refractivity contribution in [2.24, 2.45) is 5.92 Å². The van der Waals surface area contributed by atoms with Crippen LogP contribution >= 0.6 is 0 Å². The maximum atomic E-state index is 11.1. The Bertz CT molecular complexity index is 683. The zero-order valence-electron chi connectivity index (χ0n) is 12.2. The predicted octanol–water partition coefficient (Wildman–Crippen LogP) is 3.11. The van der Waals surface area contributed by atoms with Crippen molar-refractivity contribution in [2.45, 2.75) is 31.8 Å². The lowest BCUT2D eigenvalue weighted by atomic mass is 10.0. The second-order valence-corrected chi connectivity index (χ2v) is 5.78. The van der Waals surface area contributed by atoms with E-state index in [1.54, 1.807) is 24.4 Å². The van der Waals surface area contributed by atoms with Crippen molar-refractivity contribution in [2.75, 3.05) is 11.9 Å². The number of hydrogen-bond acceptors (Lipinski definition) is 5. The van der Waals surface area contributed by atoms with Crippen LogP contribution < -0.4 is 5.32 Å². The minimum absolute atomic E-state index is 0.0463. The zero-order valence-corrected chi connectivity index (χ0v) is 12.2. The number of nitro groups is 1. The summed E-state index contributed by atoms with van der Waals surface area (Å²) < 4.78 is 0. The van der Waals surface area contributed by atoms with Gasteiger partial charge in [-0.15, -0.1) is 0 Å². The number of nitrogens with zero attached hydrogens (tertiary/aromatic N) is 2. The highest BCUT2D eigenvalue weighted by Gasteiger charge is 2.23. The summed E-state index contributed by atoms with van der Waals surface area (Å²) in [4.78, 5) is 14.9. The van der Waals surface area contributed by atoms with Gasteiger partial charge in [-0.1, -0.05) is 12.8 Å². The van der Waals surface area contributed by atoms with Crippen LogP contribution in [0.1, 0.15) is 25.7 Å². The highest BCUT2D eigenvalue weighted by Crippen LogP contribution is 2.31. The van der Waals surface area contributed by atoms with Gasteiger partial charge in [0, 0.05) is 18.8 Å². The van der Waals surface area contributed by atoms with Gasteiger partial charge in [-0.05, 0) is 37.0 Å². The highest BCUT2D eigenvalue weighted by atomic mass is 16.6. The van der Waals surface area contributed by atoms with Crippen molar-refractivity contribution >= 4 is 22.3 Å². The third-order valence-electron chi connectivity index (χ3n) is 4.39. The molecular formula is C16H19N3O3. The lowest BCUT2D eigenvalue weighted by Gasteiger charge is -2.19. The standard InChI is InChI=1S/C16H19N3O3/c20-15(11-4-1-2-5-11)10-18-13-7-8-14(19(21)22)12-6-3-9-17-16(12)13/h3,6-9,11,15,18,20H,1-2,4-5,10H2. The predicted molar refractivity (Wildman–Crippen MR) is 84.9 cm³/mol. The van der Waals surface area contributed by atoms with E-state index in [-0.39, 0.29) is 5.69 Å². The molecule has 1 atom stereocenters. The minimum Gasteiger partial charge on any atom is -0.391 e. The molecule has 0 spiro atoms. The molecule has 1 aromatic heterocycles. The van der Waals surface area contributed by atoms with E-state index in [9.17, 15) is 15.2 Å². The molecule has 0 amide bonds. The fraction of sp³-hybridized carbons (Fsp3) is 0.438. The Balaban J connectivity index is 1.82. The Kier molecular flexibility index (Phi) is 4.20. The highest BCUT2D eigenvalue weighted by molar-refractivity contribution is 5.96. The zero-order chi connectivity index (χ0) is 15.5. The molecule has 0 radical (unpaired) electrons. The van der Waals surface area contributed by atoms with Gasteiger partial charge >= 0.3 is 0 Å². The molecule has 2 N–H and O–H groups in total. The van der Waals surface area contributed by atoms with Gasteiger partial charge in [-0.3, -0.25) is 15.1 Å². The van der Waals surface area contributed by atoms with Gasteiger partial charge in [0.05, 0.1) is 22.1 Å². The van der Waals surface area contributed by atoms with Crippen LogP contribution in [-0.2, 0) is 0 Å². The summed E-state index contributed by atoms with van der Waals surface area (Å²) in [7, 11) is 0. The number of nitrogens with one attached hydrogen (secondary N) is 1. The summed E-state index contributed by atoms with van der Waals surface area (Å²) in [6.07, 6.45) is 5.74. The Labute approximate surface area is 128 Å². The minimum atomic E-state index is -0.402. The molecule has 6 heteroatoms. The van der Waals surface area contributed by atoms with E-state index < -0.39 is 11.0 Å². The number of aliphatic hydroxyl groups excluding tert-OH is 1. The number of anilines is 1. The summed E-state index contributed by atoms with van der Waals surface area (Å²) in [5.74, 6) is 0.352. The molecule has 22 heavy (non-hydrogen) atoms. The van der Waals surface area contributed by atoms with Gasteiger partial charge in [0.1, 0.15) is 5.52 Å². The molecule has 1 heterocycles. The van der Waals surface area contributed by atoms with Crippen molar-refractivity contribution in [1.29, 1.82) is 0 Å². The lowest BCUT2D eigenvalue weighted by Crippen LogP contribution is -2.26. The molecule has 1 aromatic carbocycles. The molecule has 1 fully saturated rings. The molecule has 116 valence electrons. The Morgan fingerprint density at radius 2 is 2.14 bits per heavy atom. The quantitative estimate of drug-likeness (QED) is 0.654. The molecule has 1 aliphatic carbocycles. The molecular weight excluding hydrogens is 282 g/mol. The normalized spacial score (nSPS) is 16.8. The average molecular weight is 301 g/mol. The second-order valence-electron chi connectivity index (χ2n) is 5.78. The van der Waals surface area contributed by atoms with Gasteiger partial charge in [0.25, 0.3) is 5.69 Å². The number of hydrogen-bond donors (Lipinski definition) is 2. The van der Waals surface area contributed by atoms with E-state index in [1.807, 2.05) is 0 Å². The first-order valence-electron chi connectivity index (χ1n) is 7.61. The van der Waals surface area contributed by atoms with E-state index in [0.29, 0.717) is 23.4 Å². The maximum Gasteiger partial charge on any atom is 0.278 e. The van der Waals surface area contributed by atoms with Crippen molar-refractivity contribution < 1.29 is 10.0 Å². The summed E-state index contributed by atoms with van der Waals surface area (Å²) in [6.45, 7) is 0.439. The van der Waals surface area contributed by atoms with Gasteiger partial charge in [0.2, 0.25) is 0 Å². The molecule has 1 aliphatic rings. The Morgan fingerprint density at radius 3 is 2.86 bits per heavy atom. The number of pyridine rings is 1. The molecule has 0 aliphatic heterocycles. The number of fused-ring (bicyclic) bond motifs is 1. The lowest BCUT2D eigenvalue weighted by molar-refractivity contribution is -0.383. The first kappa shape index (κ1) is 14.7. The van der Waals surface area contributed by atoms with Crippen molar-refractivity contribution in [3.05, 3.63) is 40.6 Å². The number of aliphatic hydroxyl groups is 1. The van der Waals surface area contributed by atoms with E-state index in [2.05, 4.69) is 10.3 Å². The maximum absolute atomic E-state index is 11.1. The number of benzene rings is 1.